The lowest BCUT2D eigenvalue weighted by Gasteiger charge is -2.28. The molecule has 4 rings (SSSR count). The van der Waals surface area contributed by atoms with Crippen molar-refractivity contribution in [2.24, 2.45) is 12.1 Å². The molecule has 9 nitrogen and oxygen atoms in total. The summed E-state index contributed by atoms with van der Waals surface area (Å²) in [6, 6.07) is 5.48. The third-order valence-corrected chi connectivity index (χ3v) is 4.76. The van der Waals surface area contributed by atoms with Gasteiger partial charge in [-0.1, -0.05) is 6.07 Å². The van der Waals surface area contributed by atoms with Crippen LogP contribution in [0.3, 0.4) is 0 Å². The highest BCUT2D eigenvalue weighted by Gasteiger charge is 2.30. The van der Waals surface area contributed by atoms with Crippen LogP contribution in [0.25, 0.3) is 0 Å². The van der Waals surface area contributed by atoms with Gasteiger partial charge in [0, 0.05) is 62.9 Å². The number of nitrogens with one attached hydrogen (secondary N) is 1. The summed E-state index contributed by atoms with van der Waals surface area (Å²) in [5, 5.41) is 8.48. The van der Waals surface area contributed by atoms with E-state index in [0.717, 1.165) is 17.0 Å². The third kappa shape index (κ3) is 3.53. The molecule has 27 heavy (non-hydrogen) atoms. The Morgan fingerprint density at radius 2 is 2.19 bits per heavy atom. The number of carbonyl (C=O) groups is 2. The first-order valence-corrected chi connectivity index (χ1v) is 8.84. The average Bonchev–Trinajstić information content (AvgIpc) is 3.02. The standard InChI is InChI=1S/C18H20N6O3/c1-23-15-7-9-24(18(26)13-5-6-16(25)21-20-13)10-12(15)14(22-23)11-27-17-4-2-3-8-19-17/h2-4,8H,5-7,9-11H2,1H3,(H,21,25). The Labute approximate surface area is 156 Å². The Morgan fingerprint density at radius 1 is 1.30 bits per heavy atom. The van der Waals surface area contributed by atoms with Gasteiger partial charge in [-0.2, -0.15) is 10.2 Å². The molecule has 0 fully saturated rings. The number of hydrogen-bond donors (Lipinski definition) is 1. The fourth-order valence-corrected chi connectivity index (χ4v) is 3.34. The van der Waals surface area contributed by atoms with E-state index in [1.165, 1.54) is 0 Å². The van der Waals surface area contributed by atoms with Crippen LogP contribution in [0.2, 0.25) is 0 Å². The quantitative estimate of drug-likeness (QED) is 0.849. The zero-order valence-electron chi connectivity index (χ0n) is 15.0. The summed E-state index contributed by atoms with van der Waals surface area (Å²) in [7, 11) is 1.90. The minimum atomic E-state index is -0.159. The molecule has 2 aromatic rings. The molecule has 0 aromatic carbocycles. The Balaban J connectivity index is 1.49. The molecular weight excluding hydrogens is 348 g/mol. The van der Waals surface area contributed by atoms with E-state index in [0.29, 0.717) is 50.6 Å². The minimum absolute atomic E-state index is 0.138. The van der Waals surface area contributed by atoms with Gasteiger partial charge in [-0.15, -0.1) is 0 Å². The second kappa shape index (κ2) is 7.18. The second-order valence-corrected chi connectivity index (χ2v) is 6.52. The highest BCUT2D eigenvalue weighted by atomic mass is 16.5. The third-order valence-electron chi connectivity index (χ3n) is 4.76. The van der Waals surface area contributed by atoms with Crippen molar-refractivity contribution in [3.05, 3.63) is 41.3 Å². The molecule has 0 aliphatic carbocycles. The molecule has 2 aromatic heterocycles. The summed E-state index contributed by atoms with van der Waals surface area (Å²) in [5.41, 5.74) is 5.70. The van der Waals surface area contributed by atoms with E-state index in [9.17, 15) is 9.59 Å². The van der Waals surface area contributed by atoms with Crippen LogP contribution in [0.5, 0.6) is 5.88 Å². The number of aromatic nitrogens is 3. The molecule has 2 aliphatic heterocycles. The molecule has 0 bridgehead atoms. The van der Waals surface area contributed by atoms with Gasteiger partial charge in [-0.3, -0.25) is 14.3 Å². The average molecular weight is 368 g/mol. The SMILES string of the molecule is Cn1nc(COc2ccccn2)c2c1CCN(C(=O)C1=NNC(=O)CC1)C2. The Hall–Kier alpha value is -3.23. The van der Waals surface area contributed by atoms with Crippen LogP contribution in [0.4, 0.5) is 0 Å². The molecular formula is C18H20N6O3. The Morgan fingerprint density at radius 3 is 2.93 bits per heavy atom. The highest BCUT2D eigenvalue weighted by Crippen LogP contribution is 2.24. The molecule has 4 heterocycles. The van der Waals surface area contributed by atoms with Crippen LogP contribution in [0.15, 0.2) is 29.5 Å². The lowest BCUT2D eigenvalue weighted by Crippen LogP contribution is -2.42. The number of nitrogens with zero attached hydrogens (tertiary/aromatic N) is 5. The molecule has 0 saturated carbocycles. The number of hydrazone groups is 1. The summed E-state index contributed by atoms with van der Waals surface area (Å²) in [6.45, 7) is 1.34. The van der Waals surface area contributed by atoms with Gasteiger partial charge >= 0.3 is 0 Å². The Bertz CT molecular complexity index is 905. The number of fused-ring (bicyclic) bond motifs is 1. The minimum Gasteiger partial charge on any atom is -0.471 e. The maximum absolute atomic E-state index is 12.7. The number of carbonyl (C=O) groups excluding carboxylic acids is 2. The summed E-state index contributed by atoms with van der Waals surface area (Å²) < 4.78 is 7.59. The fraction of sp³-hybridized carbons (Fsp3) is 0.389. The monoisotopic (exact) mass is 368 g/mol. The smallest absolute Gasteiger partial charge is 0.270 e. The van der Waals surface area contributed by atoms with Gasteiger partial charge in [0.2, 0.25) is 11.8 Å². The van der Waals surface area contributed by atoms with Gasteiger partial charge < -0.3 is 9.64 Å². The highest BCUT2D eigenvalue weighted by molar-refractivity contribution is 6.39. The van der Waals surface area contributed by atoms with Crippen LogP contribution in [0, 0.1) is 0 Å². The number of pyridine rings is 1. The second-order valence-electron chi connectivity index (χ2n) is 6.52. The van der Waals surface area contributed by atoms with E-state index in [2.05, 4.69) is 20.6 Å². The lowest BCUT2D eigenvalue weighted by molar-refractivity contribution is -0.125. The van der Waals surface area contributed by atoms with E-state index in [4.69, 9.17) is 4.74 Å². The van der Waals surface area contributed by atoms with E-state index >= 15 is 0 Å². The zero-order valence-corrected chi connectivity index (χ0v) is 15.0. The summed E-state index contributed by atoms with van der Waals surface area (Å²) in [5.74, 6) is 0.239. The number of amides is 2. The summed E-state index contributed by atoms with van der Waals surface area (Å²) in [6.07, 6.45) is 3.05. The maximum Gasteiger partial charge on any atom is 0.270 e. The molecule has 9 heteroatoms. The summed E-state index contributed by atoms with van der Waals surface area (Å²) >= 11 is 0. The Kier molecular flexibility index (Phi) is 4.57. The molecule has 0 spiro atoms. The number of aryl methyl sites for hydroxylation is 1. The summed E-state index contributed by atoms with van der Waals surface area (Å²) in [4.78, 5) is 29.9. The van der Waals surface area contributed by atoms with E-state index in [1.807, 2.05) is 23.9 Å². The van der Waals surface area contributed by atoms with Gasteiger partial charge in [-0.05, 0) is 6.07 Å². The molecule has 0 atom stereocenters. The molecule has 0 radical (unpaired) electrons. The van der Waals surface area contributed by atoms with E-state index in [1.54, 1.807) is 17.2 Å². The van der Waals surface area contributed by atoms with E-state index in [-0.39, 0.29) is 11.8 Å². The van der Waals surface area contributed by atoms with Crippen LogP contribution < -0.4 is 10.2 Å². The van der Waals surface area contributed by atoms with Crippen LogP contribution in [-0.4, -0.2) is 43.7 Å². The van der Waals surface area contributed by atoms with Crippen molar-refractivity contribution >= 4 is 17.5 Å². The molecule has 1 N–H and O–H groups in total. The maximum atomic E-state index is 12.7. The molecule has 140 valence electrons. The van der Waals surface area contributed by atoms with Crippen LogP contribution >= 0.6 is 0 Å². The van der Waals surface area contributed by atoms with Gasteiger partial charge in [0.15, 0.2) is 0 Å². The van der Waals surface area contributed by atoms with Crippen LogP contribution in [-0.2, 0) is 36.2 Å². The molecule has 2 aliphatic rings. The first kappa shape index (κ1) is 17.2. The molecule has 0 saturated heterocycles. The van der Waals surface area contributed by atoms with Crippen molar-refractivity contribution in [3.8, 4) is 5.88 Å². The predicted molar refractivity (Wildman–Crippen MR) is 95.7 cm³/mol. The van der Waals surface area contributed by atoms with Gasteiger partial charge in [-0.25, -0.2) is 10.4 Å². The number of rotatable bonds is 4. The van der Waals surface area contributed by atoms with Crippen molar-refractivity contribution in [3.63, 3.8) is 0 Å². The van der Waals surface area contributed by atoms with Crippen molar-refractivity contribution in [2.75, 3.05) is 6.54 Å². The van der Waals surface area contributed by atoms with Crippen molar-refractivity contribution in [2.45, 2.75) is 32.4 Å². The largest absolute Gasteiger partial charge is 0.471 e. The van der Waals surface area contributed by atoms with Crippen molar-refractivity contribution in [1.82, 2.24) is 25.1 Å². The number of hydrogen-bond acceptors (Lipinski definition) is 6. The molecule has 2 amide bonds. The zero-order chi connectivity index (χ0) is 18.8. The van der Waals surface area contributed by atoms with Gasteiger partial charge in [0.1, 0.15) is 18.0 Å². The fourth-order valence-electron chi connectivity index (χ4n) is 3.34. The normalized spacial score (nSPS) is 16.4. The van der Waals surface area contributed by atoms with Crippen molar-refractivity contribution in [1.29, 1.82) is 0 Å². The number of ether oxygens (including phenoxy) is 1. The first-order valence-electron chi connectivity index (χ1n) is 8.84. The van der Waals surface area contributed by atoms with Gasteiger partial charge in [0.25, 0.3) is 5.91 Å². The van der Waals surface area contributed by atoms with Crippen LogP contribution in [0.1, 0.15) is 29.8 Å². The molecule has 0 unspecified atom stereocenters. The van der Waals surface area contributed by atoms with Gasteiger partial charge in [0.05, 0.1) is 0 Å². The first-order chi connectivity index (χ1) is 13.1. The topological polar surface area (TPSA) is 102 Å². The predicted octanol–water partition coefficient (Wildman–Crippen LogP) is 0.545. The lowest BCUT2D eigenvalue weighted by atomic mass is 10.0. The van der Waals surface area contributed by atoms with E-state index < -0.39 is 0 Å². The van der Waals surface area contributed by atoms with Crippen molar-refractivity contribution < 1.29 is 14.3 Å².